The first-order valence-corrected chi connectivity index (χ1v) is 21.8. The third-order valence-electron chi connectivity index (χ3n) is 12.2. The number of likely N-dealkylation sites (tertiary alicyclic amines) is 1. The van der Waals surface area contributed by atoms with Crippen molar-refractivity contribution >= 4 is 41.0 Å². The number of nitrogens with one attached hydrogen (secondary N) is 4. The van der Waals surface area contributed by atoms with Crippen LogP contribution in [0.15, 0.2) is 97.3 Å². The largest absolute Gasteiger partial charge is 0.453 e. The van der Waals surface area contributed by atoms with Crippen LogP contribution in [-0.2, 0) is 23.8 Å². The molecule has 0 bridgehead atoms. The Morgan fingerprint density at radius 2 is 1.32 bits per heavy atom. The SMILES string of the molecule is COC(=O)NC(C(=O)N1CCCC1c1ncc(-c2ccc3nc(-c4ccc(-c5cnc(C6CN(C(=O)OC)CCN6C(=O)C(NC(=O)OC)C(C)C)[nH]5)cc4)ccc3c2)[nH]1)c1ccccc1. The number of rotatable bonds is 11. The van der Waals surface area contributed by atoms with E-state index in [2.05, 4.69) is 31.7 Å². The average Bonchev–Trinajstić information content (AvgIpc) is 4.16. The van der Waals surface area contributed by atoms with Crippen LogP contribution in [0, 0.1) is 5.92 Å². The van der Waals surface area contributed by atoms with Crippen molar-refractivity contribution in [3.8, 4) is 33.8 Å². The molecule has 2 saturated heterocycles. The predicted octanol–water partition coefficient (Wildman–Crippen LogP) is 6.78. The van der Waals surface area contributed by atoms with Gasteiger partial charge >= 0.3 is 18.3 Å². The van der Waals surface area contributed by atoms with E-state index in [9.17, 15) is 24.0 Å². The van der Waals surface area contributed by atoms with Crippen LogP contribution in [0.3, 0.4) is 0 Å². The number of carbonyl (C=O) groups excluding carboxylic acids is 5. The number of piperazine rings is 1. The summed E-state index contributed by atoms with van der Waals surface area (Å²) in [6, 6.07) is 24.4. The monoisotopic (exact) mass is 896 g/mol. The summed E-state index contributed by atoms with van der Waals surface area (Å²) in [5.41, 5.74) is 6.46. The van der Waals surface area contributed by atoms with Crippen molar-refractivity contribution in [1.29, 1.82) is 0 Å². The Morgan fingerprint density at radius 3 is 2.00 bits per heavy atom. The Bertz CT molecular complexity index is 2720. The molecule has 0 radical (unpaired) electrons. The molecule has 2 aliphatic rings. The molecular formula is C48H52N10O8. The lowest BCUT2D eigenvalue weighted by molar-refractivity contribution is -0.139. The maximum Gasteiger partial charge on any atom is 0.409 e. The minimum Gasteiger partial charge on any atom is -0.453 e. The first kappa shape index (κ1) is 44.8. The number of hydrogen-bond acceptors (Lipinski definition) is 11. The van der Waals surface area contributed by atoms with Gasteiger partial charge in [0, 0.05) is 36.1 Å². The molecule has 4 N–H and O–H groups in total. The molecule has 6 aromatic rings. The number of carbonyl (C=O) groups is 5. The van der Waals surface area contributed by atoms with Crippen LogP contribution in [-0.4, -0.2) is 123 Å². The van der Waals surface area contributed by atoms with Gasteiger partial charge in [0.2, 0.25) is 5.91 Å². The second-order valence-electron chi connectivity index (χ2n) is 16.5. The number of amides is 5. The van der Waals surface area contributed by atoms with E-state index in [1.807, 2.05) is 80.6 Å². The zero-order valence-corrected chi connectivity index (χ0v) is 37.3. The third kappa shape index (κ3) is 9.38. The van der Waals surface area contributed by atoms with Gasteiger partial charge in [-0.15, -0.1) is 0 Å². The number of pyridine rings is 1. The van der Waals surface area contributed by atoms with Gasteiger partial charge in [-0.3, -0.25) is 9.59 Å². The Kier molecular flexibility index (Phi) is 13.3. The van der Waals surface area contributed by atoms with E-state index < -0.39 is 36.4 Å². The molecule has 18 nitrogen and oxygen atoms in total. The summed E-state index contributed by atoms with van der Waals surface area (Å²) in [6.45, 7) is 4.81. The van der Waals surface area contributed by atoms with Crippen molar-refractivity contribution in [2.75, 3.05) is 47.5 Å². The van der Waals surface area contributed by atoms with E-state index in [0.29, 0.717) is 29.5 Å². The molecular weight excluding hydrogens is 845 g/mol. The van der Waals surface area contributed by atoms with Crippen molar-refractivity contribution in [3.05, 3.63) is 115 Å². The first-order valence-electron chi connectivity index (χ1n) is 21.8. The van der Waals surface area contributed by atoms with Crippen molar-refractivity contribution < 1.29 is 38.2 Å². The van der Waals surface area contributed by atoms with Gasteiger partial charge in [0.15, 0.2) is 0 Å². The number of methoxy groups -OCH3 is 3. The molecule has 18 heteroatoms. The molecule has 4 unspecified atom stereocenters. The zero-order chi connectivity index (χ0) is 46.5. The van der Waals surface area contributed by atoms with Gasteiger partial charge in [0.25, 0.3) is 5.91 Å². The van der Waals surface area contributed by atoms with Crippen LogP contribution in [0.1, 0.15) is 62.0 Å². The summed E-state index contributed by atoms with van der Waals surface area (Å²) < 4.78 is 14.6. The zero-order valence-electron chi connectivity index (χ0n) is 37.3. The molecule has 5 heterocycles. The number of benzene rings is 3. The van der Waals surface area contributed by atoms with E-state index >= 15 is 0 Å². The molecule has 66 heavy (non-hydrogen) atoms. The van der Waals surface area contributed by atoms with Gasteiger partial charge in [-0.05, 0) is 48.1 Å². The fourth-order valence-corrected chi connectivity index (χ4v) is 8.62. The summed E-state index contributed by atoms with van der Waals surface area (Å²) in [6.07, 6.45) is 3.09. The van der Waals surface area contributed by atoms with Gasteiger partial charge in [-0.1, -0.05) is 80.6 Å². The minimum atomic E-state index is -0.904. The number of nitrogens with zero attached hydrogens (tertiary/aromatic N) is 6. The van der Waals surface area contributed by atoms with Crippen molar-refractivity contribution in [2.45, 2.75) is 50.9 Å². The second-order valence-corrected chi connectivity index (χ2v) is 16.5. The summed E-state index contributed by atoms with van der Waals surface area (Å²) in [7, 11) is 3.83. The first-order chi connectivity index (χ1) is 32.0. The molecule has 0 aliphatic carbocycles. The predicted molar refractivity (Wildman–Crippen MR) is 243 cm³/mol. The number of imidazole rings is 2. The highest BCUT2D eigenvalue weighted by molar-refractivity contribution is 5.89. The minimum absolute atomic E-state index is 0.141. The number of hydrogen-bond donors (Lipinski definition) is 4. The van der Waals surface area contributed by atoms with Gasteiger partial charge in [0.05, 0.1) is 68.9 Å². The van der Waals surface area contributed by atoms with Crippen molar-refractivity contribution in [2.24, 2.45) is 5.92 Å². The fraction of sp³-hybridized carbons (Fsp3) is 0.333. The standard InChI is InChI=1S/C48H52N10O8/c1-28(2)40(54-46(61)64-3)44(59)58-23-22-56(48(63)66-5)27-39(58)43-50-25-36(52-43)30-15-13-29(14-16-30)34-19-17-32-24-33(18-20-35(32)51-34)37-26-49-42(53-37)38-12-9-21-57(38)45(60)41(55-47(62)65-4)31-10-7-6-8-11-31/h6-8,10-11,13-20,24-26,28,38-41H,9,12,21-23,27H2,1-5H3,(H,49,53)(H,50,52)(H,54,61)(H,55,62). The molecule has 2 aliphatic heterocycles. The summed E-state index contributed by atoms with van der Waals surface area (Å²) in [4.78, 5) is 91.0. The quantitative estimate of drug-likeness (QED) is 0.0995. The average molecular weight is 897 g/mol. The van der Waals surface area contributed by atoms with Gasteiger partial charge in [0.1, 0.15) is 29.8 Å². The second kappa shape index (κ2) is 19.5. The maximum absolute atomic E-state index is 14.0. The number of ether oxygens (including phenoxy) is 3. The van der Waals surface area contributed by atoms with Crippen LogP contribution in [0.5, 0.6) is 0 Å². The van der Waals surface area contributed by atoms with Crippen LogP contribution >= 0.6 is 0 Å². The summed E-state index contributed by atoms with van der Waals surface area (Å²) in [5, 5.41) is 6.30. The Labute approximate surface area is 381 Å². The van der Waals surface area contributed by atoms with Crippen molar-refractivity contribution in [1.82, 2.24) is 50.3 Å². The lowest BCUT2D eigenvalue weighted by Gasteiger charge is -2.41. The maximum atomic E-state index is 14.0. The van der Waals surface area contributed by atoms with Gasteiger partial charge < -0.3 is 49.5 Å². The molecule has 5 amide bonds. The van der Waals surface area contributed by atoms with E-state index in [1.165, 1.54) is 26.2 Å². The van der Waals surface area contributed by atoms with E-state index in [1.54, 1.807) is 34.3 Å². The van der Waals surface area contributed by atoms with E-state index in [4.69, 9.17) is 24.2 Å². The Morgan fingerprint density at radius 1 is 0.682 bits per heavy atom. The van der Waals surface area contributed by atoms with Crippen LogP contribution < -0.4 is 10.6 Å². The number of alkyl carbamates (subject to hydrolysis) is 2. The molecule has 8 rings (SSSR count). The molecule has 4 atom stereocenters. The van der Waals surface area contributed by atoms with Crippen LogP contribution in [0.2, 0.25) is 0 Å². The number of fused-ring (bicyclic) bond motifs is 1. The smallest absolute Gasteiger partial charge is 0.409 e. The third-order valence-corrected chi connectivity index (χ3v) is 12.2. The highest BCUT2D eigenvalue weighted by Crippen LogP contribution is 2.35. The van der Waals surface area contributed by atoms with E-state index in [0.717, 1.165) is 51.8 Å². The van der Waals surface area contributed by atoms with Crippen LogP contribution in [0.4, 0.5) is 14.4 Å². The highest BCUT2D eigenvalue weighted by atomic mass is 16.5. The topological polar surface area (TPSA) is 217 Å². The number of H-pyrrole nitrogens is 2. The Hall–Kier alpha value is -7.76. The van der Waals surface area contributed by atoms with Gasteiger partial charge in [-0.25, -0.2) is 29.3 Å². The molecule has 0 spiro atoms. The fourth-order valence-electron chi connectivity index (χ4n) is 8.62. The van der Waals surface area contributed by atoms with Crippen molar-refractivity contribution in [3.63, 3.8) is 0 Å². The number of aromatic amines is 2. The number of aromatic nitrogens is 5. The molecule has 342 valence electrons. The van der Waals surface area contributed by atoms with E-state index in [-0.39, 0.29) is 43.4 Å². The molecule has 3 aromatic heterocycles. The Balaban J connectivity index is 0.967. The molecule has 0 saturated carbocycles. The molecule has 3 aromatic carbocycles. The summed E-state index contributed by atoms with van der Waals surface area (Å²) >= 11 is 0. The van der Waals surface area contributed by atoms with Gasteiger partial charge in [-0.2, -0.15) is 0 Å². The van der Waals surface area contributed by atoms with Crippen LogP contribution in [0.25, 0.3) is 44.7 Å². The lowest BCUT2D eigenvalue weighted by Crippen LogP contribution is -2.58. The summed E-state index contributed by atoms with van der Waals surface area (Å²) in [5.74, 6) is 0.375. The highest BCUT2D eigenvalue weighted by Gasteiger charge is 2.40. The normalized spacial score (nSPS) is 17.0. The molecule has 2 fully saturated rings. The lowest BCUT2D eigenvalue weighted by atomic mass is 10.0.